The topological polar surface area (TPSA) is 46.2 Å². The molecule has 1 aromatic rings. The van der Waals surface area contributed by atoms with Crippen molar-refractivity contribution in [2.45, 2.75) is 12.3 Å². The predicted molar refractivity (Wildman–Crippen MR) is 50.9 cm³/mol. The molecule has 3 N–H and O–H groups in total. The van der Waals surface area contributed by atoms with Crippen molar-refractivity contribution in [2.75, 3.05) is 6.54 Å². The van der Waals surface area contributed by atoms with E-state index in [0.717, 1.165) is 0 Å². The summed E-state index contributed by atoms with van der Waals surface area (Å²) in [6, 6.07) is 3.90. The Morgan fingerprint density at radius 1 is 1.43 bits per heavy atom. The van der Waals surface area contributed by atoms with Gasteiger partial charge in [-0.1, -0.05) is 17.7 Å². The number of alkyl halides is 2. The molecule has 1 aromatic carbocycles. The van der Waals surface area contributed by atoms with E-state index in [1.165, 1.54) is 18.2 Å². The van der Waals surface area contributed by atoms with E-state index in [0.29, 0.717) is 0 Å². The van der Waals surface area contributed by atoms with E-state index in [1.54, 1.807) is 0 Å². The summed E-state index contributed by atoms with van der Waals surface area (Å²) in [5, 5.41) is 9.14. The standard InChI is InChI=1S/C9H10ClF2NO/c10-8-3-5(14)1-2-6(8)7(4-13)9(11)12/h1-3,7,9,14H,4,13H2. The SMILES string of the molecule is NCC(c1ccc(O)cc1Cl)C(F)F. The molecule has 0 aliphatic heterocycles. The Kier molecular flexibility index (Phi) is 3.66. The van der Waals surface area contributed by atoms with Crippen LogP contribution in [0.5, 0.6) is 5.75 Å². The molecule has 5 heteroatoms. The summed E-state index contributed by atoms with van der Waals surface area (Å²) >= 11 is 5.70. The van der Waals surface area contributed by atoms with Gasteiger partial charge in [0.05, 0.1) is 5.92 Å². The monoisotopic (exact) mass is 221 g/mol. The summed E-state index contributed by atoms with van der Waals surface area (Å²) in [5.74, 6) is -1.13. The Labute approximate surface area is 85.3 Å². The normalized spacial score (nSPS) is 13.2. The van der Waals surface area contributed by atoms with Crippen LogP contribution in [0.4, 0.5) is 8.78 Å². The molecule has 78 valence electrons. The summed E-state index contributed by atoms with van der Waals surface area (Å²) < 4.78 is 24.9. The molecule has 0 saturated heterocycles. The second-order valence-corrected chi connectivity index (χ2v) is 3.29. The first-order valence-corrected chi connectivity index (χ1v) is 4.40. The fourth-order valence-corrected chi connectivity index (χ4v) is 1.50. The first-order chi connectivity index (χ1) is 6.56. The lowest BCUT2D eigenvalue weighted by Gasteiger charge is -2.15. The molecule has 1 rings (SSSR count). The van der Waals surface area contributed by atoms with Gasteiger partial charge < -0.3 is 10.8 Å². The Bertz CT molecular complexity index is 320. The number of phenols is 1. The third-order valence-corrected chi connectivity index (χ3v) is 2.27. The molecule has 0 aliphatic rings. The number of nitrogens with two attached hydrogens (primary N) is 1. The van der Waals surface area contributed by atoms with Gasteiger partial charge in [0.25, 0.3) is 0 Å². The van der Waals surface area contributed by atoms with Gasteiger partial charge in [0.2, 0.25) is 6.43 Å². The molecule has 1 atom stereocenters. The minimum Gasteiger partial charge on any atom is -0.508 e. The Balaban J connectivity index is 3.04. The molecular formula is C9H10ClF2NO. The number of halogens is 3. The van der Waals surface area contributed by atoms with Gasteiger partial charge in [0.15, 0.2) is 0 Å². The average Bonchev–Trinajstić information content (AvgIpc) is 2.09. The van der Waals surface area contributed by atoms with Crippen LogP contribution in [0.25, 0.3) is 0 Å². The van der Waals surface area contributed by atoms with E-state index in [2.05, 4.69) is 0 Å². The largest absolute Gasteiger partial charge is 0.508 e. The lowest BCUT2D eigenvalue weighted by molar-refractivity contribution is 0.117. The van der Waals surface area contributed by atoms with Crippen LogP contribution < -0.4 is 5.73 Å². The number of phenolic OH excluding ortho intramolecular Hbond substituents is 1. The summed E-state index contributed by atoms with van der Waals surface area (Å²) in [7, 11) is 0. The third-order valence-electron chi connectivity index (χ3n) is 1.94. The van der Waals surface area contributed by atoms with Crippen LogP contribution in [0.2, 0.25) is 5.02 Å². The highest BCUT2D eigenvalue weighted by molar-refractivity contribution is 6.31. The van der Waals surface area contributed by atoms with Crippen molar-refractivity contribution in [1.82, 2.24) is 0 Å². The predicted octanol–water partition coefficient (Wildman–Crippen LogP) is 2.35. The fraction of sp³-hybridized carbons (Fsp3) is 0.333. The first kappa shape index (κ1) is 11.2. The van der Waals surface area contributed by atoms with E-state index < -0.39 is 12.3 Å². The third kappa shape index (κ3) is 2.33. The van der Waals surface area contributed by atoms with Gasteiger partial charge in [0, 0.05) is 11.6 Å². The number of rotatable bonds is 3. The van der Waals surface area contributed by atoms with Crippen LogP contribution in [0.1, 0.15) is 11.5 Å². The molecule has 0 aromatic heterocycles. The summed E-state index contributed by atoms with van der Waals surface area (Å²) in [6.07, 6.45) is -2.55. The number of benzene rings is 1. The second-order valence-electron chi connectivity index (χ2n) is 2.88. The van der Waals surface area contributed by atoms with E-state index in [-0.39, 0.29) is 22.9 Å². The van der Waals surface area contributed by atoms with Gasteiger partial charge in [-0.3, -0.25) is 0 Å². The molecule has 0 heterocycles. The summed E-state index contributed by atoms with van der Waals surface area (Å²) in [5.41, 5.74) is 5.48. The Morgan fingerprint density at radius 2 is 2.07 bits per heavy atom. The number of hydrogen-bond donors (Lipinski definition) is 2. The quantitative estimate of drug-likeness (QED) is 0.823. The van der Waals surface area contributed by atoms with Crippen LogP contribution >= 0.6 is 11.6 Å². The smallest absolute Gasteiger partial charge is 0.246 e. The molecular weight excluding hydrogens is 212 g/mol. The van der Waals surface area contributed by atoms with Gasteiger partial charge in [-0.15, -0.1) is 0 Å². The highest BCUT2D eigenvalue weighted by atomic mass is 35.5. The maximum Gasteiger partial charge on any atom is 0.246 e. The van der Waals surface area contributed by atoms with Gasteiger partial charge in [0.1, 0.15) is 5.75 Å². The van der Waals surface area contributed by atoms with E-state index in [9.17, 15) is 8.78 Å². The lowest BCUT2D eigenvalue weighted by Crippen LogP contribution is -2.19. The van der Waals surface area contributed by atoms with Crippen LogP contribution in [-0.4, -0.2) is 18.1 Å². The van der Waals surface area contributed by atoms with Gasteiger partial charge in [-0.05, 0) is 17.7 Å². The Morgan fingerprint density at radius 3 is 2.50 bits per heavy atom. The van der Waals surface area contributed by atoms with Crippen LogP contribution in [0.15, 0.2) is 18.2 Å². The molecule has 1 unspecified atom stereocenters. The van der Waals surface area contributed by atoms with Gasteiger partial charge in [-0.2, -0.15) is 0 Å². The van der Waals surface area contributed by atoms with Crippen LogP contribution in [0, 0.1) is 0 Å². The Hall–Kier alpha value is -0.870. The van der Waals surface area contributed by atoms with Crippen molar-refractivity contribution in [3.05, 3.63) is 28.8 Å². The average molecular weight is 222 g/mol. The summed E-state index contributed by atoms with van der Waals surface area (Å²) in [4.78, 5) is 0. The number of aromatic hydroxyl groups is 1. The van der Waals surface area contributed by atoms with Crippen LogP contribution in [-0.2, 0) is 0 Å². The zero-order valence-electron chi connectivity index (χ0n) is 7.25. The maximum absolute atomic E-state index is 12.5. The highest BCUT2D eigenvalue weighted by Crippen LogP contribution is 2.30. The van der Waals surface area contributed by atoms with Crippen molar-refractivity contribution >= 4 is 11.6 Å². The lowest BCUT2D eigenvalue weighted by atomic mass is 10.00. The molecule has 0 spiro atoms. The molecule has 2 nitrogen and oxygen atoms in total. The minimum absolute atomic E-state index is 0.0520. The molecule has 14 heavy (non-hydrogen) atoms. The zero-order chi connectivity index (χ0) is 10.7. The van der Waals surface area contributed by atoms with E-state index in [4.69, 9.17) is 22.4 Å². The molecule has 0 saturated carbocycles. The molecule has 0 amide bonds. The minimum atomic E-state index is -2.55. The van der Waals surface area contributed by atoms with Gasteiger partial charge in [-0.25, -0.2) is 8.78 Å². The van der Waals surface area contributed by atoms with Crippen molar-refractivity contribution in [1.29, 1.82) is 0 Å². The molecule has 0 radical (unpaired) electrons. The van der Waals surface area contributed by atoms with Crippen molar-refractivity contribution < 1.29 is 13.9 Å². The van der Waals surface area contributed by atoms with Crippen molar-refractivity contribution in [3.63, 3.8) is 0 Å². The maximum atomic E-state index is 12.5. The van der Waals surface area contributed by atoms with Crippen LogP contribution in [0.3, 0.4) is 0 Å². The van der Waals surface area contributed by atoms with E-state index >= 15 is 0 Å². The van der Waals surface area contributed by atoms with Crippen molar-refractivity contribution in [2.24, 2.45) is 5.73 Å². The summed E-state index contributed by atoms with van der Waals surface area (Å²) in [6.45, 7) is -0.178. The van der Waals surface area contributed by atoms with E-state index in [1.807, 2.05) is 0 Å². The zero-order valence-corrected chi connectivity index (χ0v) is 8.01. The number of hydrogen-bond acceptors (Lipinski definition) is 2. The molecule has 0 fully saturated rings. The van der Waals surface area contributed by atoms with Crippen molar-refractivity contribution in [3.8, 4) is 5.75 Å². The fourth-order valence-electron chi connectivity index (χ4n) is 1.18. The highest BCUT2D eigenvalue weighted by Gasteiger charge is 2.23. The van der Waals surface area contributed by atoms with Gasteiger partial charge >= 0.3 is 0 Å². The molecule has 0 aliphatic carbocycles. The first-order valence-electron chi connectivity index (χ1n) is 4.03. The molecule has 0 bridgehead atoms. The second kappa shape index (κ2) is 4.57.